The Bertz CT molecular complexity index is 1000. The highest BCUT2D eigenvalue weighted by molar-refractivity contribution is 6.11. The standard InChI is InChI=1S/C22H22N6O/c23-14-16(13-18-9-10-20(29-18)27-11-5-2-6-12-27)21-19(15-24)22(25)28(26-21)17-7-3-1-4-8-17/h1,3-4,7-10,13,19,22H,2,5-6,11-12,25H2/b16-13-/t19-,22-/m1/s1. The molecular formula is C22H22N6O. The Morgan fingerprint density at radius 3 is 2.55 bits per heavy atom. The van der Waals surface area contributed by atoms with E-state index in [2.05, 4.69) is 22.1 Å². The summed E-state index contributed by atoms with van der Waals surface area (Å²) in [5.74, 6) is 0.659. The van der Waals surface area contributed by atoms with Gasteiger partial charge >= 0.3 is 0 Å². The minimum atomic E-state index is -0.711. The van der Waals surface area contributed by atoms with Gasteiger partial charge in [-0.15, -0.1) is 0 Å². The maximum Gasteiger partial charge on any atom is 0.196 e. The van der Waals surface area contributed by atoms with E-state index in [1.165, 1.54) is 6.42 Å². The molecule has 7 heteroatoms. The first-order valence-electron chi connectivity index (χ1n) is 9.76. The topological polar surface area (TPSA) is 106 Å². The van der Waals surface area contributed by atoms with Crippen LogP contribution in [0, 0.1) is 28.6 Å². The Morgan fingerprint density at radius 1 is 1.10 bits per heavy atom. The Hall–Kier alpha value is -3.55. The summed E-state index contributed by atoms with van der Waals surface area (Å²) in [5.41, 5.74) is 7.69. The van der Waals surface area contributed by atoms with E-state index in [4.69, 9.17) is 10.2 Å². The zero-order valence-electron chi connectivity index (χ0n) is 16.0. The Labute approximate surface area is 169 Å². The third-order valence-corrected chi connectivity index (χ3v) is 5.26. The van der Waals surface area contributed by atoms with E-state index in [1.54, 1.807) is 11.1 Å². The molecule has 2 aliphatic rings. The number of benzene rings is 1. The molecule has 1 aromatic carbocycles. The second-order valence-electron chi connectivity index (χ2n) is 7.16. The maximum atomic E-state index is 9.74. The van der Waals surface area contributed by atoms with Crippen LogP contribution in [0.1, 0.15) is 25.0 Å². The highest BCUT2D eigenvalue weighted by Crippen LogP contribution is 2.29. The third kappa shape index (κ3) is 3.73. The molecule has 0 spiro atoms. The second kappa shape index (κ2) is 8.22. The largest absolute Gasteiger partial charge is 0.441 e. The number of allylic oxidation sites excluding steroid dienone is 1. The van der Waals surface area contributed by atoms with Crippen LogP contribution in [0.2, 0.25) is 0 Å². The van der Waals surface area contributed by atoms with Crippen molar-refractivity contribution in [3.63, 3.8) is 0 Å². The van der Waals surface area contributed by atoms with Crippen LogP contribution >= 0.6 is 0 Å². The van der Waals surface area contributed by atoms with Crippen LogP contribution < -0.4 is 15.6 Å². The van der Waals surface area contributed by atoms with Gasteiger partial charge in [0.05, 0.1) is 23.0 Å². The summed E-state index contributed by atoms with van der Waals surface area (Å²) >= 11 is 0. The zero-order valence-corrected chi connectivity index (χ0v) is 16.0. The molecule has 2 aliphatic heterocycles. The number of nitrogens with zero attached hydrogens (tertiary/aromatic N) is 5. The number of piperidine rings is 1. The molecule has 29 heavy (non-hydrogen) atoms. The van der Waals surface area contributed by atoms with Crippen LogP contribution in [0.25, 0.3) is 6.08 Å². The number of anilines is 2. The van der Waals surface area contributed by atoms with Gasteiger partial charge < -0.3 is 15.1 Å². The first-order chi connectivity index (χ1) is 14.2. The number of hydrazone groups is 1. The van der Waals surface area contributed by atoms with E-state index in [1.807, 2.05) is 42.5 Å². The van der Waals surface area contributed by atoms with Gasteiger partial charge in [0.2, 0.25) is 0 Å². The molecule has 3 heterocycles. The van der Waals surface area contributed by atoms with Crippen LogP contribution in [0.3, 0.4) is 0 Å². The van der Waals surface area contributed by atoms with Gasteiger partial charge in [-0.2, -0.15) is 15.6 Å². The molecule has 2 N–H and O–H groups in total. The minimum Gasteiger partial charge on any atom is -0.441 e. The molecule has 1 saturated heterocycles. The summed E-state index contributed by atoms with van der Waals surface area (Å²) in [6, 6.07) is 17.5. The number of rotatable bonds is 4. The van der Waals surface area contributed by atoms with E-state index in [0.717, 1.165) is 37.5 Å². The normalized spacial score (nSPS) is 22.2. The number of nitriles is 2. The third-order valence-electron chi connectivity index (χ3n) is 5.26. The molecule has 0 saturated carbocycles. The van der Waals surface area contributed by atoms with Crippen LogP contribution in [0.4, 0.5) is 11.6 Å². The lowest BCUT2D eigenvalue weighted by atomic mass is 9.96. The molecular weight excluding hydrogens is 364 g/mol. The van der Waals surface area contributed by atoms with Crippen molar-refractivity contribution in [2.45, 2.75) is 25.4 Å². The molecule has 0 radical (unpaired) electrons. The first kappa shape index (κ1) is 18.8. The molecule has 0 amide bonds. The van der Waals surface area contributed by atoms with E-state index < -0.39 is 12.1 Å². The predicted molar refractivity (Wildman–Crippen MR) is 112 cm³/mol. The van der Waals surface area contributed by atoms with Crippen LogP contribution in [0.5, 0.6) is 0 Å². The Kier molecular flexibility index (Phi) is 5.33. The SMILES string of the molecule is N#C/C(=C/c1ccc(N2CCCCC2)o1)C1=NN(c2ccccc2)[C@@H](N)[C@@H]1C#N. The van der Waals surface area contributed by atoms with Gasteiger partial charge in [0, 0.05) is 25.2 Å². The van der Waals surface area contributed by atoms with Gasteiger partial charge in [-0.1, -0.05) is 18.2 Å². The highest BCUT2D eigenvalue weighted by atomic mass is 16.4. The Balaban J connectivity index is 1.63. The van der Waals surface area contributed by atoms with Crippen LogP contribution in [0.15, 0.2) is 57.6 Å². The van der Waals surface area contributed by atoms with Gasteiger partial charge in [0.15, 0.2) is 5.88 Å². The lowest BCUT2D eigenvalue weighted by Crippen LogP contribution is -2.40. The number of para-hydroxylation sites is 1. The molecule has 4 rings (SSSR count). The van der Waals surface area contributed by atoms with Crippen molar-refractivity contribution in [1.82, 2.24) is 0 Å². The fourth-order valence-electron chi connectivity index (χ4n) is 3.73. The lowest BCUT2D eigenvalue weighted by molar-refractivity contribution is 0.496. The van der Waals surface area contributed by atoms with E-state index in [0.29, 0.717) is 11.5 Å². The second-order valence-corrected chi connectivity index (χ2v) is 7.16. The minimum absolute atomic E-state index is 0.282. The highest BCUT2D eigenvalue weighted by Gasteiger charge is 2.37. The summed E-state index contributed by atoms with van der Waals surface area (Å²) in [6.45, 7) is 1.96. The van der Waals surface area contributed by atoms with Crippen molar-refractivity contribution < 1.29 is 4.42 Å². The molecule has 1 fully saturated rings. The maximum absolute atomic E-state index is 9.74. The van der Waals surface area contributed by atoms with Gasteiger partial charge in [-0.3, -0.25) is 0 Å². The molecule has 0 aliphatic carbocycles. The fourth-order valence-corrected chi connectivity index (χ4v) is 3.73. The molecule has 2 aromatic rings. The summed E-state index contributed by atoms with van der Waals surface area (Å²) in [5, 5.41) is 25.5. The molecule has 0 bridgehead atoms. The van der Waals surface area contributed by atoms with Crippen LogP contribution in [-0.2, 0) is 0 Å². The van der Waals surface area contributed by atoms with Crippen molar-refractivity contribution in [2.75, 3.05) is 23.0 Å². The quantitative estimate of drug-likeness (QED) is 0.807. The molecule has 1 aromatic heterocycles. The molecule has 2 atom stereocenters. The zero-order chi connectivity index (χ0) is 20.2. The number of nitrogens with two attached hydrogens (primary N) is 1. The van der Waals surface area contributed by atoms with Crippen molar-refractivity contribution in [3.8, 4) is 12.1 Å². The molecule has 146 valence electrons. The van der Waals surface area contributed by atoms with Gasteiger partial charge in [-0.25, -0.2) is 5.01 Å². The average molecular weight is 386 g/mol. The number of hydrogen-bond donors (Lipinski definition) is 1. The van der Waals surface area contributed by atoms with Gasteiger partial charge in [-0.05, 0) is 37.5 Å². The fraction of sp³-hybridized carbons (Fsp3) is 0.318. The molecule has 7 nitrogen and oxygen atoms in total. The van der Waals surface area contributed by atoms with E-state index in [-0.39, 0.29) is 5.57 Å². The lowest BCUT2D eigenvalue weighted by Gasteiger charge is -2.25. The predicted octanol–water partition coefficient (Wildman–Crippen LogP) is 3.48. The van der Waals surface area contributed by atoms with E-state index >= 15 is 0 Å². The summed E-state index contributed by atoms with van der Waals surface area (Å²) in [7, 11) is 0. The number of furan rings is 1. The van der Waals surface area contributed by atoms with Crippen molar-refractivity contribution >= 4 is 23.4 Å². The van der Waals surface area contributed by atoms with Crippen molar-refractivity contribution in [1.29, 1.82) is 10.5 Å². The number of hydrogen-bond acceptors (Lipinski definition) is 7. The van der Waals surface area contributed by atoms with Gasteiger partial charge in [0.25, 0.3) is 0 Å². The average Bonchev–Trinajstić information content (AvgIpc) is 3.37. The van der Waals surface area contributed by atoms with Crippen molar-refractivity contribution in [2.24, 2.45) is 16.8 Å². The van der Waals surface area contributed by atoms with E-state index in [9.17, 15) is 10.5 Å². The monoisotopic (exact) mass is 386 g/mol. The first-order valence-corrected chi connectivity index (χ1v) is 9.76. The van der Waals surface area contributed by atoms with Crippen LogP contribution in [-0.4, -0.2) is 25.0 Å². The summed E-state index contributed by atoms with van der Waals surface area (Å²) in [4.78, 5) is 2.21. The Morgan fingerprint density at radius 2 is 1.86 bits per heavy atom. The smallest absolute Gasteiger partial charge is 0.196 e. The van der Waals surface area contributed by atoms with Crippen molar-refractivity contribution in [3.05, 3.63) is 53.8 Å². The molecule has 0 unspecified atom stereocenters. The summed E-state index contributed by atoms with van der Waals surface area (Å²) in [6.07, 6.45) is 4.54. The summed E-state index contributed by atoms with van der Waals surface area (Å²) < 4.78 is 5.94. The van der Waals surface area contributed by atoms with Gasteiger partial charge in [0.1, 0.15) is 23.9 Å².